The Kier molecular flexibility index (Phi) is 9.60. The molecule has 13 heteroatoms. The Morgan fingerprint density at radius 2 is 1.29 bits per heavy atom. The molecule has 13 nitrogen and oxygen atoms in total. The summed E-state index contributed by atoms with van der Waals surface area (Å²) in [6.07, 6.45) is 3.20. The van der Waals surface area contributed by atoms with Crippen molar-refractivity contribution in [1.82, 2.24) is 31.2 Å². The summed E-state index contributed by atoms with van der Waals surface area (Å²) >= 11 is 0. The number of carboxylic acids is 1. The van der Waals surface area contributed by atoms with Crippen molar-refractivity contribution in [3.05, 3.63) is 18.2 Å². The van der Waals surface area contributed by atoms with Crippen LogP contribution in [0.2, 0.25) is 0 Å². The monoisotopic (exact) mass is 439 g/mol. The van der Waals surface area contributed by atoms with Gasteiger partial charge in [-0.1, -0.05) is 0 Å². The highest BCUT2D eigenvalue weighted by Crippen LogP contribution is 1.98. The Labute approximate surface area is 178 Å². The van der Waals surface area contributed by atoms with Crippen molar-refractivity contribution in [3.63, 3.8) is 0 Å². The summed E-state index contributed by atoms with van der Waals surface area (Å²) in [6, 6.07) is -5.02. The second-order valence-corrected chi connectivity index (χ2v) is 7.15. The molecule has 0 aromatic carbocycles. The number of amides is 4. The van der Waals surface area contributed by atoms with Crippen LogP contribution in [0.15, 0.2) is 12.5 Å². The van der Waals surface area contributed by atoms with Crippen LogP contribution in [0.1, 0.15) is 33.4 Å². The smallest absolute Gasteiger partial charge is 0.325 e. The molecule has 0 fully saturated rings. The van der Waals surface area contributed by atoms with Gasteiger partial charge in [-0.3, -0.25) is 24.0 Å². The zero-order chi connectivity index (χ0) is 23.7. The Hall–Kier alpha value is -3.48. The molecule has 1 heterocycles. The number of imidazole rings is 1. The second kappa shape index (κ2) is 11.6. The lowest BCUT2D eigenvalue weighted by molar-refractivity contribution is -0.141. The first-order valence-electron chi connectivity index (χ1n) is 9.59. The molecule has 0 saturated carbocycles. The van der Waals surface area contributed by atoms with E-state index in [1.807, 2.05) is 0 Å². The van der Waals surface area contributed by atoms with Gasteiger partial charge in [-0.15, -0.1) is 0 Å². The third-order valence-corrected chi connectivity index (χ3v) is 4.32. The maximum atomic E-state index is 12.3. The number of nitrogens with zero attached hydrogens (tertiary/aromatic N) is 1. The van der Waals surface area contributed by atoms with Crippen molar-refractivity contribution in [1.29, 1.82) is 0 Å². The first-order chi connectivity index (χ1) is 14.4. The van der Waals surface area contributed by atoms with E-state index in [4.69, 9.17) is 10.8 Å². The maximum absolute atomic E-state index is 12.3. The largest absolute Gasteiger partial charge is 0.480 e. The number of carbonyl (C=O) groups excluding carboxylic acids is 4. The minimum Gasteiger partial charge on any atom is -0.480 e. The topological polar surface area (TPSA) is 208 Å². The number of hydrogen-bond donors (Lipinski definition) is 7. The number of carboxylic acid groups (broad SMARTS) is 1. The van der Waals surface area contributed by atoms with E-state index in [1.54, 1.807) is 0 Å². The molecule has 0 unspecified atom stereocenters. The highest BCUT2D eigenvalue weighted by atomic mass is 16.4. The molecule has 0 spiro atoms. The summed E-state index contributed by atoms with van der Waals surface area (Å²) < 4.78 is 0. The SMILES string of the molecule is C[C@H](NC(=O)[C@H](C)NC(=O)[C@H](C)NC(=O)[C@H](C)NC(=O)[C@@H](N)Cc1cnc[nH]1)C(=O)O. The van der Waals surface area contributed by atoms with Crippen LogP contribution in [0.4, 0.5) is 0 Å². The van der Waals surface area contributed by atoms with Gasteiger partial charge in [-0.05, 0) is 27.7 Å². The first kappa shape index (κ1) is 25.6. The predicted octanol–water partition coefficient (Wildman–Crippen LogP) is -2.62. The third kappa shape index (κ3) is 8.42. The summed E-state index contributed by atoms with van der Waals surface area (Å²) in [5.74, 6) is -3.73. The van der Waals surface area contributed by atoms with E-state index >= 15 is 0 Å². The van der Waals surface area contributed by atoms with E-state index in [2.05, 4.69) is 31.2 Å². The Balaban J connectivity index is 2.48. The zero-order valence-corrected chi connectivity index (χ0v) is 17.8. The van der Waals surface area contributed by atoms with Crippen LogP contribution in [-0.2, 0) is 30.4 Å². The molecular formula is C18H29N7O6. The molecule has 0 saturated heterocycles. The normalized spacial score (nSPS) is 15.5. The lowest BCUT2D eigenvalue weighted by Crippen LogP contribution is -2.56. The number of nitrogens with two attached hydrogens (primary N) is 1. The third-order valence-electron chi connectivity index (χ3n) is 4.32. The average molecular weight is 439 g/mol. The van der Waals surface area contributed by atoms with E-state index in [0.717, 1.165) is 0 Å². The molecule has 0 aliphatic heterocycles. The van der Waals surface area contributed by atoms with Gasteiger partial charge in [0.1, 0.15) is 24.2 Å². The number of aromatic amines is 1. The Morgan fingerprint density at radius 3 is 1.68 bits per heavy atom. The van der Waals surface area contributed by atoms with Gasteiger partial charge in [-0.25, -0.2) is 4.98 Å². The lowest BCUT2D eigenvalue weighted by Gasteiger charge is -2.21. The number of nitrogens with one attached hydrogen (secondary N) is 5. The van der Waals surface area contributed by atoms with E-state index in [9.17, 15) is 24.0 Å². The highest BCUT2D eigenvalue weighted by molar-refractivity contribution is 5.94. The molecule has 0 radical (unpaired) electrons. The van der Waals surface area contributed by atoms with Crippen LogP contribution in [0.5, 0.6) is 0 Å². The van der Waals surface area contributed by atoms with Gasteiger partial charge in [0, 0.05) is 18.3 Å². The van der Waals surface area contributed by atoms with Crippen LogP contribution >= 0.6 is 0 Å². The van der Waals surface area contributed by atoms with E-state index in [0.29, 0.717) is 5.69 Å². The summed E-state index contributed by atoms with van der Waals surface area (Å²) in [5.41, 5.74) is 6.48. The van der Waals surface area contributed by atoms with E-state index in [-0.39, 0.29) is 6.42 Å². The van der Waals surface area contributed by atoms with Crippen LogP contribution in [0.3, 0.4) is 0 Å². The average Bonchev–Trinajstić information content (AvgIpc) is 3.20. The van der Waals surface area contributed by atoms with Gasteiger partial charge in [-0.2, -0.15) is 0 Å². The fourth-order valence-corrected chi connectivity index (χ4v) is 2.32. The van der Waals surface area contributed by atoms with Crippen molar-refractivity contribution in [2.24, 2.45) is 5.73 Å². The van der Waals surface area contributed by atoms with Crippen LogP contribution in [0.25, 0.3) is 0 Å². The van der Waals surface area contributed by atoms with E-state index < -0.39 is 59.8 Å². The Bertz CT molecular complexity index is 797. The standard InChI is InChI=1S/C18H29N7O6/c1-8(14(26)23-9(2)16(28)25-11(4)18(30)31)22-15(27)10(3)24-17(29)13(19)5-12-6-20-7-21-12/h6-11,13H,5,19H2,1-4H3,(H,20,21)(H,22,27)(H,23,26)(H,24,29)(H,25,28)(H,30,31)/t8-,9-,10-,11-,13-/m0/s1. The van der Waals surface area contributed by atoms with Gasteiger partial charge in [0.05, 0.1) is 12.4 Å². The molecular weight excluding hydrogens is 410 g/mol. The molecule has 1 aromatic heterocycles. The molecule has 1 aromatic rings. The number of H-pyrrole nitrogens is 1. The highest BCUT2D eigenvalue weighted by Gasteiger charge is 2.26. The van der Waals surface area contributed by atoms with Gasteiger partial charge in [0.15, 0.2) is 0 Å². The van der Waals surface area contributed by atoms with Crippen molar-refractivity contribution < 1.29 is 29.1 Å². The van der Waals surface area contributed by atoms with Crippen LogP contribution < -0.4 is 27.0 Å². The van der Waals surface area contributed by atoms with Gasteiger partial charge >= 0.3 is 5.97 Å². The number of carbonyl (C=O) groups is 5. The molecule has 0 aliphatic rings. The molecule has 4 amide bonds. The van der Waals surface area contributed by atoms with Gasteiger partial charge < -0.3 is 37.1 Å². The summed E-state index contributed by atoms with van der Waals surface area (Å²) in [7, 11) is 0. The minimum absolute atomic E-state index is 0.208. The number of aromatic nitrogens is 2. The van der Waals surface area contributed by atoms with Gasteiger partial charge in [0.25, 0.3) is 0 Å². The number of hydrogen-bond acceptors (Lipinski definition) is 7. The fraction of sp³-hybridized carbons (Fsp3) is 0.556. The minimum atomic E-state index is -1.21. The fourth-order valence-electron chi connectivity index (χ4n) is 2.32. The summed E-state index contributed by atoms with van der Waals surface area (Å²) in [5, 5.41) is 18.3. The molecule has 0 aliphatic carbocycles. The zero-order valence-electron chi connectivity index (χ0n) is 17.8. The van der Waals surface area contributed by atoms with Crippen molar-refractivity contribution >= 4 is 29.6 Å². The second-order valence-electron chi connectivity index (χ2n) is 7.15. The number of rotatable bonds is 11. The summed E-state index contributed by atoms with van der Waals surface area (Å²) in [4.78, 5) is 66.0. The van der Waals surface area contributed by atoms with E-state index in [1.165, 1.54) is 40.2 Å². The molecule has 1 rings (SSSR count). The molecule has 5 atom stereocenters. The number of aliphatic carboxylic acids is 1. The maximum Gasteiger partial charge on any atom is 0.325 e. The first-order valence-corrected chi connectivity index (χ1v) is 9.59. The molecule has 31 heavy (non-hydrogen) atoms. The summed E-state index contributed by atoms with van der Waals surface area (Å²) in [6.45, 7) is 5.49. The molecule has 172 valence electrons. The van der Waals surface area contributed by atoms with Crippen molar-refractivity contribution in [3.8, 4) is 0 Å². The van der Waals surface area contributed by atoms with Crippen molar-refractivity contribution in [2.75, 3.05) is 0 Å². The van der Waals surface area contributed by atoms with Crippen molar-refractivity contribution in [2.45, 2.75) is 64.3 Å². The Morgan fingerprint density at radius 1 is 0.871 bits per heavy atom. The molecule has 8 N–H and O–H groups in total. The quantitative estimate of drug-likeness (QED) is 0.194. The molecule has 0 bridgehead atoms. The van der Waals surface area contributed by atoms with Gasteiger partial charge in [0.2, 0.25) is 23.6 Å². The predicted molar refractivity (Wildman–Crippen MR) is 108 cm³/mol. The van der Waals surface area contributed by atoms with Crippen LogP contribution in [-0.4, -0.2) is 74.9 Å². The van der Waals surface area contributed by atoms with Crippen LogP contribution in [0, 0.1) is 0 Å². The lowest BCUT2D eigenvalue weighted by atomic mass is 10.1.